The van der Waals surface area contributed by atoms with Gasteiger partial charge in [-0.1, -0.05) is 91.5 Å². The molecule has 0 spiro atoms. The maximum atomic E-state index is 10.1. The number of unbranched alkanes of at least 4 members (excludes halogenated alkanes) is 9. The lowest BCUT2D eigenvalue weighted by Crippen LogP contribution is -2.10. The van der Waals surface area contributed by atoms with Crippen LogP contribution in [0.1, 0.15) is 97.5 Å². The molecule has 0 aromatic heterocycles. The molecular weight excluding hydrogens is 356 g/mol. The molecule has 0 fully saturated rings. The number of rotatable bonds is 14. The van der Waals surface area contributed by atoms with E-state index in [1.54, 1.807) is 11.8 Å². The first-order valence-electron chi connectivity index (χ1n) is 10.5. The van der Waals surface area contributed by atoms with Crippen molar-refractivity contribution in [3.05, 3.63) is 23.8 Å². The van der Waals surface area contributed by atoms with Crippen molar-refractivity contribution >= 4 is 23.5 Å². The molecule has 150 valence electrons. The molecule has 1 rings (SSSR count). The highest BCUT2D eigenvalue weighted by Crippen LogP contribution is 2.35. The molecule has 0 saturated heterocycles. The van der Waals surface area contributed by atoms with E-state index in [1.807, 2.05) is 23.9 Å². The van der Waals surface area contributed by atoms with Gasteiger partial charge in [-0.2, -0.15) is 11.8 Å². The summed E-state index contributed by atoms with van der Waals surface area (Å²) in [4.78, 5) is 1.02. The zero-order valence-corrected chi connectivity index (χ0v) is 19.1. The van der Waals surface area contributed by atoms with Crippen molar-refractivity contribution in [2.45, 2.75) is 102 Å². The summed E-state index contributed by atoms with van der Waals surface area (Å²) in [6.45, 7) is 8.93. The van der Waals surface area contributed by atoms with Crippen LogP contribution >= 0.6 is 23.5 Å². The van der Waals surface area contributed by atoms with Crippen molar-refractivity contribution in [2.75, 3.05) is 10.8 Å². The Hall–Kier alpha value is -0.280. The molecule has 0 aliphatic carbocycles. The van der Waals surface area contributed by atoms with Crippen LogP contribution < -0.4 is 0 Å². The van der Waals surface area contributed by atoms with Crippen molar-refractivity contribution in [1.82, 2.24) is 0 Å². The zero-order valence-electron chi connectivity index (χ0n) is 17.5. The molecule has 26 heavy (non-hydrogen) atoms. The average Bonchev–Trinajstić information content (AvgIpc) is 2.59. The van der Waals surface area contributed by atoms with Crippen LogP contribution in [-0.2, 0) is 5.41 Å². The molecule has 3 heteroatoms. The van der Waals surface area contributed by atoms with Gasteiger partial charge in [0.15, 0.2) is 0 Å². The van der Waals surface area contributed by atoms with Gasteiger partial charge < -0.3 is 5.11 Å². The third kappa shape index (κ3) is 10.8. The van der Waals surface area contributed by atoms with Gasteiger partial charge >= 0.3 is 0 Å². The number of hydrogen-bond donors (Lipinski definition) is 1. The van der Waals surface area contributed by atoms with Crippen LogP contribution in [0.3, 0.4) is 0 Å². The van der Waals surface area contributed by atoms with Crippen LogP contribution in [0.25, 0.3) is 0 Å². The Morgan fingerprint density at radius 2 is 1.42 bits per heavy atom. The molecule has 0 aliphatic rings. The third-order valence-corrected chi connectivity index (χ3v) is 7.12. The van der Waals surface area contributed by atoms with Crippen molar-refractivity contribution in [1.29, 1.82) is 0 Å². The summed E-state index contributed by atoms with van der Waals surface area (Å²) in [7, 11) is 0. The lowest BCUT2D eigenvalue weighted by atomic mass is 9.87. The molecule has 0 amide bonds. The maximum absolute atomic E-state index is 10.1. The number of benzene rings is 1. The highest BCUT2D eigenvalue weighted by Gasteiger charge is 2.15. The quantitative estimate of drug-likeness (QED) is 0.194. The van der Waals surface area contributed by atoms with Gasteiger partial charge in [0, 0.05) is 5.08 Å². The van der Waals surface area contributed by atoms with E-state index >= 15 is 0 Å². The summed E-state index contributed by atoms with van der Waals surface area (Å²) >= 11 is 3.77. The monoisotopic (exact) mass is 396 g/mol. The second-order valence-corrected chi connectivity index (χ2v) is 10.8. The Balaban J connectivity index is 2.04. The number of phenolic OH excluding ortho intramolecular Hbond substituents is 1. The van der Waals surface area contributed by atoms with E-state index in [-0.39, 0.29) is 5.41 Å². The van der Waals surface area contributed by atoms with Crippen molar-refractivity contribution < 1.29 is 5.11 Å². The number of phenols is 1. The first-order chi connectivity index (χ1) is 12.4. The number of thioether (sulfide) groups is 2. The van der Waals surface area contributed by atoms with Crippen molar-refractivity contribution in [3.63, 3.8) is 0 Å². The van der Waals surface area contributed by atoms with Gasteiger partial charge in [0.05, 0.1) is 4.90 Å². The van der Waals surface area contributed by atoms with Gasteiger partial charge in [-0.15, -0.1) is 11.8 Å². The van der Waals surface area contributed by atoms with Gasteiger partial charge in [0.2, 0.25) is 0 Å². The first kappa shape index (κ1) is 23.8. The maximum Gasteiger partial charge on any atom is 0.129 e. The molecule has 0 aliphatic heterocycles. The van der Waals surface area contributed by atoms with E-state index in [0.717, 1.165) is 9.98 Å². The van der Waals surface area contributed by atoms with Crippen LogP contribution in [0.2, 0.25) is 0 Å². The summed E-state index contributed by atoms with van der Waals surface area (Å²) in [5.41, 5.74) is 1.42. The molecule has 0 unspecified atom stereocenters. The Morgan fingerprint density at radius 1 is 0.846 bits per heavy atom. The topological polar surface area (TPSA) is 20.2 Å². The van der Waals surface area contributed by atoms with Gasteiger partial charge in [0.25, 0.3) is 0 Å². The third-order valence-electron chi connectivity index (χ3n) is 4.77. The molecule has 0 atom stereocenters. The fraction of sp³-hybridized carbons (Fsp3) is 0.739. The van der Waals surface area contributed by atoms with Crippen LogP contribution in [0.5, 0.6) is 5.75 Å². The average molecular weight is 397 g/mol. The summed E-state index contributed by atoms with van der Waals surface area (Å²) in [6.07, 6.45) is 14.0. The van der Waals surface area contributed by atoms with Gasteiger partial charge in [-0.05, 0) is 35.3 Å². The Morgan fingerprint density at radius 3 is 2.00 bits per heavy atom. The number of hydrogen-bond acceptors (Lipinski definition) is 3. The van der Waals surface area contributed by atoms with Crippen molar-refractivity contribution in [3.8, 4) is 5.75 Å². The van der Waals surface area contributed by atoms with E-state index in [4.69, 9.17) is 0 Å². The second-order valence-electron chi connectivity index (χ2n) is 8.28. The largest absolute Gasteiger partial charge is 0.507 e. The van der Waals surface area contributed by atoms with Crippen LogP contribution in [0.15, 0.2) is 23.1 Å². The second kappa shape index (κ2) is 13.8. The summed E-state index contributed by atoms with van der Waals surface area (Å²) in [6, 6.07) is 6.03. The molecule has 0 heterocycles. The molecule has 1 aromatic carbocycles. The SMILES string of the molecule is CCCCCCCCCCCCSCSc1cc(C(C)(C)C)ccc1O. The summed E-state index contributed by atoms with van der Waals surface area (Å²) < 4.78 is 0. The van der Waals surface area contributed by atoms with Crippen LogP contribution in [0.4, 0.5) is 0 Å². The zero-order chi connectivity index (χ0) is 19.3. The van der Waals surface area contributed by atoms with Crippen molar-refractivity contribution in [2.24, 2.45) is 0 Å². The lowest BCUT2D eigenvalue weighted by Gasteiger charge is -2.20. The Labute approximate surface area is 171 Å². The smallest absolute Gasteiger partial charge is 0.129 e. The fourth-order valence-electron chi connectivity index (χ4n) is 2.95. The highest BCUT2D eigenvalue weighted by molar-refractivity contribution is 8.16. The minimum absolute atomic E-state index is 0.131. The van der Waals surface area contributed by atoms with E-state index in [2.05, 4.69) is 33.8 Å². The molecule has 1 nitrogen and oxygen atoms in total. The molecule has 0 saturated carbocycles. The van der Waals surface area contributed by atoms with E-state index in [0.29, 0.717) is 5.75 Å². The number of aromatic hydroxyl groups is 1. The normalized spacial score (nSPS) is 11.8. The van der Waals surface area contributed by atoms with E-state index in [9.17, 15) is 5.11 Å². The fourth-order valence-corrected chi connectivity index (χ4v) is 5.10. The molecule has 0 radical (unpaired) electrons. The first-order valence-corrected chi connectivity index (χ1v) is 12.6. The Kier molecular flexibility index (Phi) is 12.6. The lowest BCUT2D eigenvalue weighted by molar-refractivity contribution is 0.460. The van der Waals surface area contributed by atoms with E-state index in [1.165, 1.54) is 75.5 Å². The van der Waals surface area contributed by atoms with Gasteiger partial charge in [-0.3, -0.25) is 0 Å². The standard InChI is InChI=1S/C23H40OS2/c1-5-6-7-8-9-10-11-12-13-14-17-25-19-26-22-18-20(23(2,3)4)15-16-21(22)24/h15-16,18,24H,5-14,17,19H2,1-4H3. The van der Waals surface area contributed by atoms with Gasteiger partial charge in [-0.25, -0.2) is 0 Å². The molecular formula is C23H40OS2. The molecule has 1 N–H and O–H groups in total. The minimum atomic E-state index is 0.131. The summed E-state index contributed by atoms with van der Waals surface area (Å²) in [5.74, 6) is 1.66. The van der Waals surface area contributed by atoms with E-state index < -0.39 is 0 Å². The molecule has 0 bridgehead atoms. The van der Waals surface area contributed by atoms with Gasteiger partial charge in [0.1, 0.15) is 5.75 Å². The predicted molar refractivity (Wildman–Crippen MR) is 122 cm³/mol. The minimum Gasteiger partial charge on any atom is -0.507 e. The highest BCUT2D eigenvalue weighted by atomic mass is 32.2. The summed E-state index contributed by atoms with van der Waals surface area (Å²) in [5, 5.41) is 11.1. The Bertz CT molecular complexity index is 480. The molecule has 1 aromatic rings. The predicted octanol–water partition coefficient (Wildman–Crippen LogP) is 8.39. The van der Waals surface area contributed by atoms with Crippen LogP contribution in [-0.4, -0.2) is 15.9 Å². The van der Waals surface area contributed by atoms with Crippen LogP contribution in [0, 0.1) is 0 Å².